The average molecular weight is 265 g/mol. The zero-order valence-electron chi connectivity index (χ0n) is 11.0. The van der Waals surface area contributed by atoms with Gasteiger partial charge in [-0.2, -0.15) is 0 Å². The Kier molecular flexibility index (Phi) is 4.57. The minimum Gasteiger partial charge on any atom is -0.378 e. The number of rotatable bonds is 4. The van der Waals surface area contributed by atoms with Gasteiger partial charge in [0.2, 0.25) is 5.91 Å². The van der Waals surface area contributed by atoms with E-state index >= 15 is 0 Å². The van der Waals surface area contributed by atoms with Crippen LogP contribution >= 0.6 is 0 Å². The highest BCUT2D eigenvalue weighted by atomic mass is 16.5. The Labute approximate surface area is 112 Å². The summed E-state index contributed by atoms with van der Waals surface area (Å²) in [5, 5.41) is 2.76. The monoisotopic (exact) mass is 265 g/mol. The van der Waals surface area contributed by atoms with Crippen molar-refractivity contribution in [1.82, 2.24) is 15.2 Å². The summed E-state index contributed by atoms with van der Waals surface area (Å²) in [6, 6.07) is 2.95. The summed E-state index contributed by atoms with van der Waals surface area (Å²) >= 11 is 0. The number of aromatic nitrogens is 1. The Hall–Kier alpha value is -1.82. The van der Waals surface area contributed by atoms with E-state index < -0.39 is 6.04 Å². The van der Waals surface area contributed by atoms with E-state index in [1.807, 2.05) is 6.92 Å². The molecule has 0 radical (unpaired) electrons. The molecular formula is C13H19N3O3. The maximum atomic E-state index is 12.3. The molecule has 1 aliphatic heterocycles. The smallest absolute Gasteiger partial charge is 0.268 e. The minimum absolute atomic E-state index is 0.0364. The number of morpholine rings is 1. The standard InChI is InChI=1S/C13H19N3O3/c1-2-10(13(18)16-6-8-19-9-7-16)15-12(17)11-4-3-5-14-11/h3-5,10,14H,2,6-9H2,1H3,(H,15,17)/t10-/m0/s1. The lowest BCUT2D eigenvalue weighted by atomic mass is 10.1. The molecular weight excluding hydrogens is 246 g/mol. The average Bonchev–Trinajstić information content (AvgIpc) is 2.99. The molecule has 0 aliphatic carbocycles. The number of carbonyl (C=O) groups is 2. The van der Waals surface area contributed by atoms with Gasteiger partial charge in [0.15, 0.2) is 0 Å². The van der Waals surface area contributed by atoms with Crippen molar-refractivity contribution in [1.29, 1.82) is 0 Å². The Morgan fingerprint density at radius 3 is 2.79 bits per heavy atom. The van der Waals surface area contributed by atoms with Gasteiger partial charge in [-0.15, -0.1) is 0 Å². The first-order valence-electron chi connectivity index (χ1n) is 6.53. The van der Waals surface area contributed by atoms with Gasteiger partial charge in [-0.25, -0.2) is 0 Å². The van der Waals surface area contributed by atoms with E-state index in [9.17, 15) is 9.59 Å². The minimum atomic E-state index is -0.478. The number of nitrogens with one attached hydrogen (secondary N) is 2. The van der Waals surface area contributed by atoms with Crippen molar-refractivity contribution in [3.05, 3.63) is 24.0 Å². The first kappa shape index (κ1) is 13.6. The topological polar surface area (TPSA) is 74.4 Å². The summed E-state index contributed by atoms with van der Waals surface area (Å²) in [7, 11) is 0. The third-order valence-corrected chi connectivity index (χ3v) is 3.18. The van der Waals surface area contributed by atoms with Crippen LogP contribution in [0.15, 0.2) is 18.3 Å². The number of nitrogens with zero attached hydrogens (tertiary/aromatic N) is 1. The van der Waals surface area contributed by atoms with Crippen LogP contribution in [0.5, 0.6) is 0 Å². The molecule has 0 unspecified atom stereocenters. The maximum absolute atomic E-state index is 12.3. The number of carbonyl (C=O) groups excluding carboxylic acids is 2. The van der Waals surface area contributed by atoms with Crippen molar-refractivity contribution in [2.45, 2.75) is 19.4 Å². The van der Waals surface area contributed by atoms with Crippen LogP contribution in [0.1, 0.15) is 23.8 Å². The first-order chi connectivity index (χ1) is 9.22. The Morgan fingerprint density at radius 2 is 2.21 bits per heavy atom. The highest BCUT2D eigenvalue weighted by Gasteiger charge is 2.26. The van der Waals surface area contributed by atoms with E-state index in [1.165, 1.54) is 0 Å². The molecule has 0 spiro atoms. The van der Waals surface area contributed by atoms with Gasteiger partial charge < -0.3 is 19.9 Å². The molecule has 2 rings (SSSR count). The Morgan fingerprint density at radius 1 is 1.47 bits per heavy atom. The normalized spacial score (nSPS) is 17.0. The van der Waals surface area contributed by atoms with Crippen LogP contribution in [0, 0.1) is 0 Å². The lowest BCUT2D eigenvalue weighted by molar-refractivity contribution is -0.137. The summed E-state index contributed by atoms with van der Waals surface area (Å²) in [5.74, 6) is -0.288. The maximum Gasteiger partial charge on any atom is 0.268 e. The SMILES string of the molecule is CC[C@H](NC(=O)c1ccc[nH]1)C(=O)N1CCOCC1. The van der Waals surface area contributed by atoms with Crippen LogP contribution in [0.4, 0.5) is 0 Å². The van der Waals surface area contributed by atoms with Gasteiger partial charge in [0.25, 0.3) is 5.91 Å². The molecule has 1 fully saturated rings. The summed E-state index contributed by atoms with van der Waals surface area (Å²) in [6.45, 7) is 4.19. The summed E-state index contributed by atoms with van der Waals surface area (Å²) in [5.41, 5.74) is 0.466. The molecule has 1 aliphatic rings. The number of hydrogen-bond acceptors (Lipinski definition) is 3. The third kappa shape index (κ3) is 3.35. The largest absolute Gasteiger partial charge is 0.378 e. The molecule has 1 atom stereocenters. The van der Waals surface area contributed by atoms with Crippen molar-refractivity contribution >= 4 is 11.8 Å². The third-order valence-electron chi connectivity index (χ3n) is 3.18. The second kappa shape index (κ2) is 6.38. The second-order valence-corrected chi connectivity index (χ2v) is 4.46. The van der Waals surface area contributed by atoms with Gasteiger partial charge in [-0.3, -0.25) is 9.59 Å². The lowest BCUT2D eigenvalue weighted by Crippen LogP contribution is -2.51. The van der Waals surface area contributed by atoms with Gasteiger partial charge in [0, 0.05) is 19.3 Å². The predicted molar refractivity (Wildman–Crippen MR) is 69.7 cm³/mol. The van der Waals surface area contributed by atoms with Crippen molar-refractivity contribution in [3.63, 3.8) is 0 Å². The predicted octanol–water partition coefficient (Wildman–Crippen LogP) is 0.382. The van der Waals surface area contributed by atoms with E-state index in [0.29, 0.717) is 38.4 Å². The molecule has 104 valence electrons. The van der Waals surface area contributed by atoms with Crippen LogP contribution in [0.25, 0.3) is 0 Å². The fourth-order valence-electron chi connectivity index (χ4n) is 2.05. The zero-order valence-corrected chi connectivity index (χ0v) is 11.0. The molecule has 0 bridgehead atoms. The van der Waals surface area contributed by atoms with Crippen LogP contribution in [0.3, 0.4) is 0 Å². The van der Waals surface area contributed by atoms with Crippen molar-refractivity contribution in [2.24, 2.45) is 0 Å². The number of ether oxygens (including phenoxy) is 1. The number of amides is 2. The molecule has 2 heterocycles. The fourth-order valence-corrected chi connectivity index (χ4v) is 2.05. The molecule has 19 heavy (non-hydrogen) atoms. The number of aromatic amines is 1. The molecule has 6 nitrogen and oxygen atoms in total. The molecule has 1 saturated heterocycles. The van der Waals surface area contributed by atoms with Gasteiger partial charge in [-0.1, -0.05) is 6.92 Å². The van der Waals surface area contributed by atoms with E-state index in [4.69, 9.17) is 4.74 Å². The van der Waals surface area contributed by atoms with E-state index in [2.05, 4.69) is 10.3 Å². The zero-order chi connectivity index (χ0) is 13.7. The van der Waals surface area contributed by atoms with E-state index in [0.717, 1.165) is 0 Å². The molecule has 6 heteroatoms. The summed E-state index contributed by atoms with van der Waals surface area (Å²) in [4.78, 5) is 28.8. The second-order valence-electron chi connectivity index (χ2n) is 4.46. The lowest BCUT2D eigenvalue weighted by Gasteiger charge is -2.30. The highest BCUT2D eigenvalue weighted by molar-refractivity contribution is 5.96. The van der Waals surface area contributed by atoms with Crippen molar-refractivity contribution in [2.75, 3.05) is 26.3 Å². The fraction of sp³-hybridized carbons (Fsp3) is 0.538. The molecule has 0 saturated carbocycles. The molecule has 1 aromatic heterocycles. The van der Waals surface area contributed by atoms with Crippen LogP contribution < -0.4 is 5.32 Å². The molecule has 2 N–H and O–H groups in total. The Bertz CT molecular complexity index is 424. The molecule has 0 aromatic carbocycles. The van der Waals surface area contributed by atoms with E-state index in [-0.39, 0.29) is 11.8 Å². The van der Waals surface area contributed by atoms with Crippen molar-refractivity contribution in [3.8, 4) is 0 Å². The highest BCUT2D eigenvalue weighted by Crippen LogP contribution is 2.05. The number of hydrogen-bond donors (Lipinski definition) is 2. The van der Waals surface area contributed by atoms with Crippen LogP contribution in [-0.4, -0.2) is 54.0 Å². The molecule has 1 aromatic rings. The van der Waals surface area contributed by atoms with Crippen molar-refractivity contribution < 1.29 is 14.3 Å². The van der Waals surface area contributed by atoms with Crippen LogP contribution in [-0.2, 0) is 9.53 Å². The van der Waals surface area contributed by atoms with Gasteiger partial charge in [0.1, 0.15) is 11.7 Å². The Balaban J connectivity index is 1.95. The van der Waals surface area contributed by atoms with Gasteiger partial charge in [-0.05, 0) is 18.6 Å². The summed E-state index contributed by atoms with van der Waals surface area (Å²) in [6.07, 6.45) is 2.25. The van der Waals surface area contributed by atoms with E-state index in [1.54, 1.807) is 23.2 Å². The van der Waals surface area contributed by atoms with Crippen LogP contribution in [0.2, 0.25) is 0 Å². The van der Waals surface area contributed by atoms with Gasteiger partial charge in [0.05, 0.1) is 13.2 Å². The quantitative estimate of drug-likeness (QED) is 0.826. The van der Waals surface area contributed by atoms with Gasteiger partial charge >= 0.3 is 0 Å². The molecule has 2 amide bonds. The number of H-pyrrole nitrogens is 1. The first-order valence-corrected chi connectivity index (χ1v) is 6.53. The summed E-state index contributed by atoms with van der Waals surface area (Å²) < 4.78 is 5.22.